The first-order valence-corrected chi connectivity index (χ1v) is 6.46. The van der Waals surface area contributed by atoms with Gasteiger partial charge in [0.05, 0.1) is 0 Å². The van der Waals surface area contributed by atoms with Crippen LogP contribution in [0.2, 0.25) is 0 Å². The van der Waals surface area contributed by atoms with Gasteiger partial charge in [-0.1, -0.05) is 30.4 Å². The summed E-state index contributed by atoms with van der Waals surface area (Å²) in [6.07, 6.45) is 2.81. The Morgan fingerprint density at radius 3 is 2.21 bits per heavy atom. The van der Waals surface area contributed by atoms with Gasteiger partial charge in [-0.3, -0.25) is 4.79 Å². The summed E-state index contributed by atoms with van der Waals surface area (Å²) in [7, 11) is 0. The summed E-state index contributed by atoms with van der Waals surface area (Å²) >= 11 is 0.241. The third-order valence-corrected chi connectivity index (χ3v) is 3.16. The van der Waals surface area contributed by atoms with Crippen LogP contribution in [0.5, 0.6) is 0 Å². The van der Waals surface area contributed by atoms with Crippen LogP contribution >= 0.6 is 11.8 Å². The van der Waals surface area contributed by atoms with Crippen molar-refractivity contribution >= 4 is 17.7 Å². The summed E-state index contributed by atoms with van der Waals surface area (Å²) in [4.78, 5) is 13.2. The summed E-state index contributed by atoms with van der Waals surface area (Å²) in [5, 5.41) is -3.51. The molecule has 0 atom stereocenters. The molecule has 19 heavy (non-hydrogen) atoms. The molecule has 1 aromatic rings. The van der Waals surface area contributed by atoms with Crippen molar-refractivity contribution in [3.8, 4) is 0 Å². The molecule has 2 nitrogen and oxygen atoms in total. The number of carbonyl (C=O) groups is 1. The molecule has 0 radical (unpaired) electrons. The lowest BCUT2D eigenvalue weighted by Gasteiger charge is -2.24. The molecule has 102 valence electrons. The lowest BCUT2D eigenvalue weighted by molar-refractivity contribution is -0.145. The molecule has 1 rings (SSSR count). The van der Waals surface area contributed by atoms with Crippen molar-refractivity contribution < 1.29 is 13.6 Å². The highest BCUT2D eigenvalue weighted by atomic mass is 32.2. The van der Waals surface area contributed by atoms with E-state index in [1.54, 1.807) is 18.2 Å². The number of rotatable bonds is 7. The van der Waals surface area contributed by atoms with Gasteiger partial charge in [0.2, 0.25) is 0 Å². The number of nitrogens with zero attached hydrogens (tertiary/aromatic N) is 1. The second-order valence-electron chi connectivity index (χ2n) is 3.72. The van der Waals surface area contributed by atoms with E-state index in [9.17, 15) is 13.6 Å². The van der Waals surface area contributed by atoms with Crippen molar-refractivity contribution in [1.29, 1.82) is 0 Å². The Balaban J connectivity index is 2.82. The van der Waals surface area contributed by atoms with Crippen LogP contribution < -0.4 is 0 Å². The SMILES string of the molecule is C=CCN(CC=C)C(=O)C(F)(F)Sc1ccccc1. The van der Waals surface area contributed by atoms with E-state index in [0.29, 0.717) is 4.90 Å². The van der Waals surface area contributed by atoms with Crippen molar-refractivity contribution in [2.45, 2.75) is 10.2 Å². The first kappa shape index (κ1) is 15.4. The third kappa shape index (κ3) is 4.52. The molecule has 0 bridgehead atoms. The average molecular weight is 283 g/mol. The zero-order valence-electron chi connectivity index (χ0n) is 10.4. The number of benzene rings is 1. The lowest BCUT2D eigenvalue weighted by atomic mass is 10.4. The molecule has 0 aromatic heterocycles. The second kappa shape index (κ2) is 7.09. The minimum absolute atomic E-state index is 0.0653. The van der Waals surface area contributed by atoms with Crippen LogP contribution in [0.4, 0.5) is 8.78 Å². The molecule has 0 aliphatic heterocycles. The summed E-state index contributed by atoms with van der Waals surface area (Å²) < 4.78 is 27.8. The summed E-state index contributed by atoms with van der Waals surface area (Å²) in [6.45, 7) is 7.03. The van der Waals surface area contributed by atoms with Crippen molar-refractivity contribution in [3.63, 3.8) is 0 Å². The highest BCUT2D eigenvalue weighted by molar-refractivity contribution is 8.01. The minimum Gasteiger partial charge on any atom is -0.329 e. The first-order chi connectivity index (χ1) is 9.01. The maximum absolute atomic E-state index is 13.9. The molecule has 1 amide bonds. The molecule has 5 heteroatoms. The lowest BCUT2D eigenvalue weighted by Crippen LogP contribution is -2.41. The smallest absolute Gasteiger partial charge is 0.329 e. The first-order valence-electron chi connectivity index (χ1n) is 5.64. The molecule has 0 N–H and O–H groups in total. The highest BCUT2D eigenvalue weighted by Gasteiger charge is 2.42. The monoisotopic (exact) mass is 283 g/mol. The highest BCUT2D eigenvalue weighted by Crippen LogP contribution is 2.37. The topological polar surface area (TPSA) is 20.3 Å². The molecule has 0 saturated carbocycles. The van der Waals surface area contributed by atoms with E-state index >= 15 is 0 Å². The standard InChI is InChI=1S/C14H15F2NOS/c1-3-10-17(11-4-2)13(18)14(15,16)19-12-8-6-5-7-9-12/h3-9H,1-2,10-11H2. The predicted octanol–water partition coefficient (Wildman–Crippen LogP) is 3.57. The van der Waals surface area contributed by atoms with E-state index in [0.717, 1.165) is 4.90 Å². The molecular weight excluding hydrogens is 268 g/mol. The molecular formula is C14H15F2NOS. The molecule has 0 spiro atoms. The van der Waals surface area contributed by atoms with E-state index < -0.39 is 11.2 Å². The molecule has 0 aliphatic rings. The van der Waals surface area contributed by atoms with Gasteiger partial charge in [-0.15, -0.1) is 13.2 Å². The third-order valence-electron chi connectivity index (χ3n) is 2.22. The van der Waals surface area contributed by atoms with Crippen LogP contribution in [0.25, 0.3) is 0 Å². The van der Waals surface area contributed by atoms with Gasteiger partial charge in [-0.2, -0.15) is 8.78 Å². The number of thioether (sulfide) groups is 1. The Morgan fingerprint density at radius 2 is 1.74 bits per heavy atom. The van der Waals surface area contributed by atoms with E-state index in [1.807, 2.05) is 0 Å². The summed E-state index contributed by atoms with van der Waals surface area (Å²) in [6, 6.07) is 8.10. The molecule has 0 fully saturated rings. The molecule has 0 aliphatic carbocycles. The van der Waals surface area contributed by atoms with Crippen LogP contribution in [0, 0.1) is 0 Å². The Kier molecular flexibility index (Phi) is 5.76. The zero-order chi connectivity index (χ0) is 14.3. The number of amides is 1. The fourth-order valence-corrected chi connectivity index (χ4v) is 2.22. The van der Waals surface area contributed by atoms with Gasteiger partial charge in [0, 0.05) is 18.0 Å². The molecule has 1 aromatic carbocycles. The van der Waals surface area contributed by atoms with Gasteiger partial charge in [0.1, 0.15) is 0 Å². The Bertz CT molecular complexity index is 438. The van der Waals surface area contributed by atoms with Crippen molar-refractivity contribution in [2.75, 3.05) is 13.1 Å². The largest absolute Gasteiger partial charge is 0.375 e. The van der Waals surface area contributed by atoms with Gasteiger partial charge in [-0.25, -0.2) is 0 Å². The number of carbonyl (C=O) groups excluding carboxylic acids is 1. The average Bonchev–Trinajstić information content (AvgIpc) is 2.38. The Hall–Kier alpha value is -1.62. The van der Waals surface area contributed by atoms with Crippen molar-refractivity contribution in [1.82, 2.24) is 4.90 Å². The molecule has 0 saturated heterocycles. The fourth-order valence-electron chi connectivity index (χ4n) is 1.42. The zero-order valence-corrected chi connectivity index (χ0v) is 11.2. The second-order valence-corrected chi connectivity index (χ2v) is 4.91. The number of halogens is 2. The minimum atomic E-state index is -3.51. The molecule has 0 heterocycles. The van der Waals surface area contributed by atoms with E-state index in [-0.39, 0.29) is 24.9 Å². The van der Waals surface area contributed by atoms with Crippen LogP contribution in [0.3, 0.4) is 0 Å². The number of hydrogen-bond donors (Lipinski definition) is 0. The van der Waals surface area contributed by atoms with E-state index in [1.165, 1.54) is 24.3 Å². The van der Waals surface area contributed by atoms with Crippen LogP contribution in [-0.2, 0) is 4.79 Å². The maximum atomic E-state index is 13.9. The summed E-state index contributed by atoms with van der Waals surface area (Å²) in [5.41, 5.74) is 0. The number of hydrogen-bond acceptors (Lipinski definition) is 2. The van der Waals surface area contributed by atoms with Gasteiger partial charge in [-0.05, 0) is 23.9 Å². The predicted molar refractivity (Wildman–Crippen MR) is 74.2 cm³/mol. The fraction of sp³-hybridized carbons (Fsp3) is 0.214. The quantitative estimate of drug-likeness (QED) is 0.563. The van der Waals surface area contributed by atoms with Crippen LogP contribution in [-0.4, -0.2) is 29.2 Å². The van der Waals surface area contributed by atoms with Crippen LogP contribution in [0.15, 0.2) is 60.5 Å². The maximum Gasteiger partial charge on any atom is 0.375 e. The van der Waals surface area contributed by atoms with Gasteiger partial charge in [0.15, 0.2) is 0 Å². The normalized spacial score (nSPS) is 10.8. The Morgan fingerprint density at radius 1 is 1.21 bits per heavy atom. The number of alkyl halides is 2. The molecule has 0 unspecified atom stereocenters. The van der Waals surface area contributed by atoms with Gasteiger partial charge in [0.25, 0.3) is 0 Å². The summed E-state index contributed by atoms with van der Waals surface area (Å²) in [5.74, 6) is -1.24. The van der Waals surface area contributed by atoms with Gasteiger partial charge >= 0.3 is 11.2 Å². The van der Waals surface area contributed by atoms with Gasteiger partial charge < -0.3 is 4.90 Å². The van der Waals surface area contributed by atoms with Crippen LogP contribution in [0.1, 0.15) is 0 Å². The van der Waals surface area contributed by atoms with E-state index in [4.69, 9.17) is 0 Å². The Labute approximate surface area is 115 Å². The van der Waals surface area contributed by atoms with E-state index in [2.05, 4.69) is 13.2 Å². The van der Waals surface area contributed by atoms with Crippen molar-refractivity contribution in [3.05, 3.63) is 55.6 Å². The van der Waals surface area contributed by atoms with Crippen molar-refractivity contribution in [2.24, 2.45) is 0 Å².